The zero-order chi connectivity index (χ0) is 19.5. The van der Waals surface area contributed by atoms with Crippen LogP contribution in [0.3, 0.4) is 0 Å². The van der Waals surface area contributed by atoms with E-state index >= 15 is 0 Å². The van der Waals surface area contributed by atoms with Gasteiger partial charge in [0.25, 0.3) is 5.69 Å². The molecule has 142 valence electrons. The highest BCUT2D eigenvalue weighted by molar-refractivity contribution is 7.99. The standard InChI is InChI=1S/C17H15N7O3S/c25-15(19-17-20-16(21-22-17)12-3-1-2-6-18-12)10-23-7-8-28-14-9-11(24(26)27)4-5-13(14)23/h1-6,9H,7-8,10H2,(H2,19,20,21,22,25). The van der Waals surface area contributed by atoms with Gasteiger partial charge in [0.05, 0.1) is 17.2 Å². The van der Waals surface area contributed by atoms with Gasteiger partial charge in [0.15, 0.2) is 5.82 Å². The molecule has 0 unspecified atom stereocenters. The largest absolute Gasteiger partial charge is 0.360 e. The molecule has 0 aliphatic carbocycles. The van der Waals surface area contributed by atoms with Gasteiger partial charge in [-0.15, -0.1) is 16.9 Å². The molecular formula is C17H15N7O3S. The van der Waals surface area contributed by atoms with Crippen molar-refractivity contribution >= 4 is 35.0 Å². The average Bonchev–Trinajstić information content (AvgIpc) is 3.17. The number of nitrogens with zero attached hydrogens (tertiary/aromatic N) is 5. The predicted octanol–water partition coefficient (Wildman–Crippen LogP) is 2.33. The molecule has 3 heterocycles. The lowest BCUT2D eigenvalue weighted by Crippen LogP contribution is -2.37. The van der Waals surface area contributed by atoms with Crippen LogP contribution in [0.4, 0.5) is 17.3 Å². The molecular weight excluding hydrogens is 382 g/mol. The molecule has 0 spiro atoms. The van der Waals surface area contributed by atoms with E-state index in [4.69, 9.17) is 0 Å². The molecule has 0 atom stereocenters. The molecule has 3 aromatic rings. The Hall–Kier alpha value is -3.47. The summed E-state index contributed by atoms with van der Waals surface area (Å²) in [5, 5.41) is 20.4. The summed E-state index contributed by atoms with van der Waals surface area (Å²) < 4.78 is 0. The molecule has 1 aliphatic rings. The first-order valence-electron chi connectivity index (χ1n) is 8.40. The molecule has 1 amide bonds. The Morgan fingerprint density at radius 1 is 1.36 bits per heavy atom. The van der Waals surface area contributed by atoms with Gasteiger partial charge in [0.1, 0.15) is 5.69 Å². The van der Waals surface area contributed by atoms with E-state index in [1.807, 2.05) is 11.0 Å². The molecule has 2 N–H and O–H groups in total. The smallest absolute Gasteiger partial charge is 0.270 e. The highest BCUT2D eigenvalue weighted by Gasteiger charge is 2.22. The second kappa shape index (κ2) is 7.64. The maximum Gasteiger partial charge on any atom is 0.270 e. The number of rotatable bonds is 5. The maximum absolute atomic E-state index is 12.4. The second-order valence-electron chi connectivity index (χ2n) is 5.95. The number of anilines is 2. The Balaban J connectivity index is 1.44. The number of nitro benzene ring substituents is 1. The minimum Gasteiger partial charge on any atom is -0.360 e. The third kappa shape index (κ3) is 3.78. The molecule has 2 aromatic heterocycles. The second-order valence-corrected chi connectivity index (χ2v) is 7.09. The van der Waals surface area contributed by atoms with Gasteiger partial charge in [0, 0.05) is 35.5 Å². The van der Waals surface area contributed by atoms with Crippen LogP contribution in [0.2, 0.25) is 0 Å². The lowest BCUT2D eigenvalue weighted by Gasteiger charge is -2.29. The fourth-order valence-electron chi connectivity index (χ4n) is 2.82. The summed E-state index contributed by atoms with van der Waals surface area (Å²) in [5.41, 5.74) is 1.47. The van der Waals surface area contributed by atoms with Crippen molar-refractivity contribution in [1.29, 1.82) is 0 Å². The van der Waals surface area contributed by atoms with Gasteiger partial charge in [-0.3, -0.25) is 30.3 Å². The quantitative estimate of drug-likeness (QED) is 0.495. The molecule has 0 bridgehead atoms. The Kier molecular flexibility index (Phi) is 4.89. The number of carbonyl (C=O) groups excluding carboxylic acids is 1. The van der Waals surface area contributed by atoms with Crippen LogP contribution in [0.25, 0.3) is 11.5 Å². The highest BCUT2D eigenvalue weighted by atomic mass is 32.2. The van der Waals surface area contributed by atoms with Crippen molar-refractivity contribution in [2.75, 3.05) is 29.1 Å². The van der Waals surface area contributed by atoms with E-state index < -0.39 is 4.92 Å². The predicted molar refractivity (Wildman–Crippen MR) is 104 cm³/mol. The molecule has 28 heavy (non-hydrogen) atoms. The van der Waals surface area contributed by atoms with Crippen LogP contribution in [-0.4, -0.2) is 49.8 Å². The summed E-state index contributed by atoms with van der Waals surface area (Å²) in [5.74, 6) is 1.10. The average molecular weight is 397 g/mol. The number of hydrogen-bond acceptors (Lipinski definition) is 8. The van der Waals surface area contributed by atoms with E-state index in [-0.39, 0.29) is 24.1 Å². The first kappa shape index (κ1) is 17.9. The number of carbonyl (C=O) groups is 1. The number of nitrogens with one attached hydrogen (secondary N) is 2. The maximum atomic E-state index is 12.4. The third-order valence-corrected chi connectivity index (χ3v) is 5.12. The van der Waals surface area contributed by atoms with Crippen molar-refractivity contribution in [3.05, 3.63) is 52.7 Å². The van der Waals surface area contributed by atoms with E-state index in [2.05, 4.69) is 25.5 Å². The topological polar surface area (TPSA) is 130 Å². The van der Waals surface area contributed by atoms with E-state index in [0.717, 1.165) is 16.3 Å². The van der Waals surface area contributed by atoms with Crippen molar-refractivity contribution in [3.63, 3.8) is 0 Å². The Bertz CT molecular complexity index is 1020. The number of pyridine rings is 1. The zero-order valence-electron chi connectivity index (χ0n) is 14.5. The summed E-state index contributed by atoms with van der Waals surface area (Å²) >= 11 is 1.54. The summed E-state index contributed by atoms with van der Waals surface area (Å²) in [6, 6.07) is 10.1. The van der Waals surface area contributed by atoms with Crippen molar-refractivity contribution in [2.45, 2.75) is 4.90 Å². The van der Waals surface area contributed by atoms with E-state index in [1.54, 1.807) is 42.2 Å². The number of non-ortho nitro benzene ring substituents is 1. The van der Waals surface area contributed by atoms with E-state index in [0.29, 0.717) is 18.1 Å². The molecule has 0 saturated carbocycles. The van der Waals surface area contributed by atoms with Crippen molar-refractivity contribution < 1.29 is 9.72 Å². The lowest BCUT2D eigenvalue weighted by molar-refractivity contribution is -0.385. The molecule has 10 nitrogen and oxygen atoms in total. The fourth-order valence-corrected chi connectivity index (χ4v) is 3.90. The highest BCUT2D eigenvalue weighted by Crippen LogP contribution is 2.37. The molecule has 0 radical (unpaired) electrons. The van der Waals surface area contributed by atoms with E-state index in [9.17, 15) is 14.9 Å². The van der Waals surface area contributed by atoms with Crippen LogP contribution < -0.4 is 10.2 Å². The van der Waals surface area contributed by atoms with Gasteiger partial charge in [-0.2, -0.15) is 4.98 Å². The van der Waals surface area contributed by atoms with Gasteiger partial charge >= 0.3 is 0 Å². The normalized spacial score (nSPS) is 13.1. The molecule has 4 rings (SSSR count). The van der Waals surface area contributed by atoms with Gasteiger partial charge < -0.3 is 4.90 Å². The number of aromatic nitrogens is 4. The van der Waals surface area contributed by atoms with Crippen LogP contribution >= 0.6 is 11.8 Å². The monoisotopic (exact) mass is 397 g/mol. The third-order valence-electron chi connectivity index (χ3n) is 4.09. The van der Waals surface area contributed by atoms with Gasteiger partial charge in [-0.1, -0.05) is 6.07 Å². The minimum atomic E-state index is -0.422. The zero-order valence-corrected chi connectivity index (χ0v) is 15.3. The van der Waals surface area contributed by atoms with Crippen molar-refractivity contribution in [3.8, 4) is 11.5 Å². The van der Waals surface area contributed by atoms with Crippen LogP contribution in [-0.2, 0) is 4.79 Å². The number of nitro groups is 1. The van der Waals surface area contributed by atoms with Crippen LogP contribution in [0.5, 0.6) is 0 Å². The summed E-state index contributed by atoms with van der Waals surface area (Å²) in [6.45, 7) is 0.759. The Labute approximate surface area is 163 Å². The molecule has 1 aliphatic heterocycles. The molecule has 11 heteroatoms. The van der Waals surface area contributed by atoms with E-state index in [1.165, 1.54) is 6.07 Å². The van der Waals surface area contributed by atoms with Crippen molar-refractivity contribution in [2.24, 2.45) is 0 Å². The number of benzene rings is 1. The summed E-state index contributed by atoms with van der Waals surface area (Å²) in [4.78, 5) is 34.0. The first-order chi connectivity index (χ1) is 13.6. The number of aromatic amines is 1. The minimum absolute atomic E-state index is 0.0420. The Morgan fingerprint density at radius 3 is 3.04 bits per heavy atom. The van der Waals surface area contributed by atoms with Crippen LogP contribution in [0, 0.1) is 10.1 Å². The number of fused-ring (bicyclic) bond motifs is 1. The molecule has 0 saturated heterocycles. The molecule has 1 aromatic carbocycles. The number of H-pyrrole nitrogens is 1. The number of hydrogen-bond donors (Lipinski definition) is 2. The van der Waals surface area contributed by atoms with Gasteiger partial charge in [-0.05, 0) is 18.2 Å². The van der Waals surface area contributed by atoms with Gasteiger partial charge in [0.2, 0.25) is 11.9 Å². The van der Waals surface area contributed by atoms with Crippen LogP contribution in [0.15, 0.2) is 47.5 Å². The van der Waals surface area contributed by atoms with Crippen LogP contribution in [0.1, 0.15) is 0 Å². The summed E-state index contributed by atoms with van der Waals surface area (Å²) in [6.07, 6.45) is 1.65. The summed E-state index contributed by atoms with van der Waals surface area (Å²) in [7, 11) is 0. The fraction of sp³-hybridized carbons (Fsp3) is 0.176. The molecule has 0 fully saturated rings. The first-order valence-corrected chi connectivity index (χ1v) is 9.38. The Morgan fingerprint density at radius 2 is 2.25 bits per heavy atom. The number of thioether (sulfide) groups is 1. The lowest BCUT2D eigenvalue weighted by atomic mass is 10.2. The van der Waals surface area contributed by atoms with Crippen molar-refractivity contribution in [1.82, 2.24) is 20.2 Å². The SMILES string of the molecule is O=C(CN1CCSc2cc([N+](=O)[O-])ccc21)Nc1n[nH]c(-c2ccccn2)n1. The van der Waals surface area contributed by atoms with Gasteiger partial charge in [-0.25, -0.2) is 0 Å². The number of amides is 1.